The van der Waals surface area contributed by atoms with E-state index < -0.39 is 0 Å². The van der Waals surface area contributed by atoms with Gasteiger partial charge in [0.15, 0.2) is 0 Å². The minimum Gasteiger partial charge on any atom is -0.491 e. The Morgan fingerprint density at radius 1 is 1.35 bits per heavy atom. The van der Waals surface area contributed by atoms with Gasteiger partial charge in [0.05, 0.1) is 11.6 Å². The summed E-state index contributed by atoms with van der Waals surface area (Å²) in [6.45, 7) is 3.89. The summed E-state index contributed by atoms with van der Waals surface area (Å²) in [5.41, 5.74) is 9.18. The molecule has 0 aliphatic heterocycles. The third-order valence-corrected chi connectivity index (χ3v) is 2.10. The number of hydrogen-bond acceptors (Lipinski definition) is 4. The van der Waals surface area contributed by atoms with Gasteiger partial charge in [0.1, 0.15) is 17.9 Å². The second-order valence-electron chi connectivity index (χ2n) is 3.73. The molecule has 2 aromatic rings. The molecule has 0 spiro atoms. The maximum absolute atomic E-state index is 8.46. The van der Waals surface area contributed by atoms with Crippen molar-refractivity contribution in [3.05, 3.63) is 35.0 Å². The molecule has 0 saturated heterocycles. The predicted octanol–water partition coefficient (Wildman–Crippen LogP) is 3.36. The smallest absolute Gasteiger partial charge is 0.138 e. The molecule has 0 amide bonds. The Labute approximate surface area is 97.9 Å². The number of nitrogens with zero attached hydrogens (tertiary/aromatic N) is 5. The van der Waals surface area contributed by atoms with E-state index in [1.807, 2.05) is 26.0 Å². The zero-order valence-corrected chi connectivity index (χ0v) is 9.53. The van der Waals surface area contributed by atoms with Crippen LogP contribution in [-0.4, -0.2) is 16.1 Å². The number of rotatable bonds is 3. The normalized spacial score (nSPS) is 10.3. The molecule has 1 aromatic carbocycles. The maximum atomic E-state index is 8.46. The fourth-order valence-electron chi connectivity index (χ4n) is 1.49. The highest BCUT2D eigenvalue weighted by Gasteiger charge is 2.04. The van der Waals surface area contributed by atoms with Gasteiger partial charge >= 0.3 is 0 Å². The highest BCUT2D eigenvalue weighted by molar-refractivity contribution is 5.88. The summed E-state index contributed by atoms with van der Waals surface area (Å²) in [4.78, 5) is 10.8. The molecule has 86 valence electrons. The van der Waals surface area contributed by atoms with E-state index >= 15 is 0 Å². The molecule has 0 aliphatic carbocycles. The van der Waals surface area contributed by atoms with Crippen LogP contribution < -0.4 is 4.74 Å². The largest absolute Gasteiger partial charge is 0.491 e. The van der Waals surface area contributed by atoms with Crippen LogP contribution in [0.2, 0.25) is 0 Å². The van der Waals surface area contributed by atoms with E-state index in [1.54, 1.807) is 6.07 Å². The number of azide groups is 1. The summed E-state index contributed by atoms with van der Waals surface area (Å²) in [7, 11) is 0. The van der Waals surface area contributed by atoms with Crippen LogP contribution in [0.1, 0.15) is 13.8 Å². The van der Waals surface area contributed by atoms with E-state index in [1.165, 1.54) is 6.33 Å². The van der Waals surface area contributed by atoms with E-state index in [0.717, 1.165) is 5.52 Å². The summed E-state index contributed by atoms with van der Waals surface area (Å²) < 4.78 is 5.57. The van der Waals surface area contributed by atoms with Crippen molar-refractivity contribution in [3.63, 3.8) is 0 Å². The quantitative estimate of drug-likeness (QED) is 0.459. The Kier molecular flexibility index (Phi) is 3.07. The van der Waals surface area contributed by atoms with Crippen molar-refractivity contribution in [1.82, 2.24) is 9.97 Å². The lowest BCUT2D eigenvalue weighted by molar-refractivity contribution is 0.243. The molecule has 0 radical (unpaired) electrons. The Hall–Kier alpha value is -2.33. The number of hydrogen-bond donors (Lipinski definition) is 0. The molecule has 2 rings (SSSR count). The lowest BCUT2D eigenvalue weighted by Gasteiger charge is -2.10. The Morgan fingerprint density at radius 2 is 2.18 bits per heavy atom. The first kappa shape index (κ1) is 11.2. The van der Waals surface area contributed by atoms with Gasteiger partial charge in [-0.15, -0.1) is 0 Å². The van der Waals surface area contributed by atoms with Gasteiger partial charge in [-0.1, -0.05) is 0 Å². The van der Waals surface area contributed by atoms with Gasteiger partial charge in [0.25, 0.3) is 0 Å². The second kappa shape index (κ2) is 4.67. The third kappa shape index (κ3) is 2.43. The molecular weight excluding hydrogens is 218 g/mol. The van der Waals surface area contributed by atoms with Crippen molar-refractivity contribution < 1.29 is 4.74 Å². The zero-order valence-electron chi connectivity index (χ0n) is 9.53. The minimum absolute atomic E-state index is 0.0833. The summed E-state index contributed by atoms with van der Waals surface area (Å²) in [6.07, 6.45) is 1.45. The SMILES string of the molecule is CC(C)Oc1ccc2ncnc(N=[N+]=[N-])c2c1. The molecule has 6 heteroatoms. The van der Waals surface area contributed by atoms with Gasteiger partial charge in [-0.25, -0.2) is 9.97 Å². The van der Waals surface area contributed by atoms with Crippen LogP contribution in [0.3, 0.4) is 0 Å². The summed E-state index contributed by atoms with van der Waals surface area (Å²) in [5.74, 6) is 1.02. The molecule has 0 saturated carbocycles. The molecule has 0 bridgehead atoms. The van der Waals surface area contributed by atoms with E-state index in [-0.39, 0.29) is 6.10 Å². The first-order valence-corrected chi connectivity index (χ1v) is 5.17. The lowest BCUT2D eigenvalue weighted by Crippen LogP contribution is -2.05. The van der Waals surface area contributed by atoms with Gasteiger partial charge in [0.2, 0.25) is 0 Å². The highest BCUT2D eigenvalue weighted by atomic mass is 16.5. The topological polar surface area (TPSA) is 83.8 Å². The van der Waals surface area contributed by atoms with Crippen molar-refractivity contribution in [2.24, 2.45) is 5.11 Å². The number of ether oxygens (including phenoxy) is 1. The molecule has 1 heterocycles. The number of aromatic nitrogens is 2. The van der Waals surface area contributed by atoms with Gasteiger partial charge in [-0.3, -0.25) is 0 Å². The van der Waals surface area contributed by atoms with Crippen LogP contribution in [0.25, 0.3) is 21.3 Å². The highest BCUT2D eigenvalue weighted by Crippen LogP contribution is 2.26. The molecule has 6 nitrogen and oxygen atoms in total. The molecule has 0 fully saturated rings. The summed E-state index contributed by atoms with van der Waals surface area (Å²) >= 11 is 0. The Balaban J connectivity index is 2.57. The van der Waals surface area contributed by atoms with Gasteiger partial charge in [0, 0.05) is 10.3 Å². The number of fused-ring (bicyclic) bond motifs is 1. The lowest BCUT2D eigenvalue weighted by atomic mass is 10.2. The molecule has 0 atom stereocenters. The van der Waals surface area contributed by atoms with E-state index in [9.17, 15) is 0 Å². The molecular formula is C11H11N5O. The van der Waals surface area contributed by atoms with Crippen LogP contribution in [0.5, 0.6) is 5.75 Å². The summed E-state index contributed by atoms with van der Waals surface area (Å²) in [5, 5.41) is 4.21. The first-order valence-electron chi connectivity index (χ1n) is 5.17. The van der Waals surface area contributed by atoms with Crippen LogP contribution >= 0.6 is 0 Å². The average molecular weight is 229 g/mol. The monoisotopic (exact) mass is 229 g/mol. The van der Waals surface area contributed by atoms with Crippen LogP contribution in [0.15, 0.2) is 29.6 Å². The maximum Gasteiger partial charge on any atom is 0.138 e. The van der Waals surface area contributed by atoms with E-state index in [2.05, 4.69) is 20.0 Å². The molecule has 17 heavy (non-hydrogen) atoms. The standard InChI is InChI=1S/C11H11N5O/c1-7(2)17-8-3-4-10-9(5-8)11(15-16-12)14-6-13-10/h3-7H,1-2H3. The van der Waals surface area contributed by atoms with Gasteiger partial charge in [-0.2, -0.15) is 0 Å². The third-order valence-electron chi connectivity index (χ3n) is 2.10. The fourth-order valence-corrected chi connectivity index (χ4v) is 1.49. The molecule has 0 aliphatic rings. The van der Waals surface area contributed by atoms with E-state index in [4.69, 9.17) is 10.3 Å². The average Bonchev–Trinajstić information content (AvgIpc) is 2.29. The predicted molar refractivity (Wildman–Crippen MR) is 64.1 cm³/mol. The van der Waals surface area contributed by atoms with Crippen molar-refractivity contribution in [2.75, 3.05) is 0 Å². The molecule has 0 N–H and O–H groups in total. The summed E-state index contributed by atoms with van der Waals surface area (Å²) in [6, 6.07) is 5.42. The van der Waals surface area contributed by atoms with E-state index in [0.29, 0.717) is 17.0 Å². The van der Waals surface area contributed by atoms with Crippen LogP contribution in [0.4, 0.5) is 5.82 Å². The van der Waals surface area contributed by atoms with Crippen molar-refractivity contribution in [1.29, 1.82) is 0 Å². The van der Waals surface area contributed by atoms with Gasteiger partial charge < -0.3 is 4.74 Å². The van der Waals surface area contributed by atoms with Crippen molar-refractivity contribution in [2.45, 2.75) is 20.0 Å². The van der Waals surface area contributed by atoms with Crippen molar-refractivity contribution in [3.8, 4) is 5.75 Å². The fraction of sp³-hybridized carbons (Fsp3) is 0.273. The first-order chi connectivity index (χ1) is 8.20. The van der Waals surface area contributed by atoms with Crippen molar-refractivity contribution >= 4 is 16.7 Å². The molecule has 0 unspecified atom stereocenters. The minimum atomic E-state index is 0.0833. The Bertz CT molecular complexity index is 589. The van der Waals surface area contributed by atoms with Gasteiger partial charge in [-0.05, 0) is 42.7 Å². The second-order valence-corrected chi connectivity index (χ2v) is 3.73. The Morgan fingerprint density at radius 3 is 2.88 bits per heavy atom. The van der Waals surface area contributed by atoms with Crippen LogP contribution in [-0.2, 0) is 0 Å². The zero-order chi connectivity index (χ0) is 12.3. The number of benzene rings is 1. The molecule has 1 aromatic heterocycles. The van der Waals surface area contributed by atoms with Crippen LogP contribution in [0, 0.1) is 0 Å².